The predicted octanol–water partition coefficient (Wildman–Crippen LogP) is 5.93. The molecule has 1 atom stereocenters. The monoisotopic (exact) mass is 523 g/mol. The average Bonchev–Trinajstić information content (AvgIpc) is 2.98. The molecule has 7 heteroatoms. The molecule has 0 saturated heterocycles. The van der Waals surface area contributed by atoms with Gasteiger partial charge in [-0.2, -0.15) is 0 Å². The van der Waals surface area contributed by atoms with E-state index in [2.05, 4.69) is 10.7 Å². The number of anilines is 1. The van der Waals surface area contributed by atoms with Crippen LogP contribution in [-0.4, -0.2) is 30.5 Å². The van der Waals surface area contributed by atoms with Gasteiger partial charge < -0.3 is 14.8 Å². The summed E-state index contributed by atoms with van der Waals surface area (Å²) in [4.78, 5) is 27.4. The summed E-state index contributed by atoms with van der Waals surface area (Å²) in [6.07, 6.45) is 0. The van der Waals surface area contributed by atoms with Crippen LogP contribution in [0, 0.1) is 6.92 Å². The summed E-state index contributed by atoms with van der Waals surface area (Å²) in [5, 5.41) is 4.45. The Morgan fingerprint density at radius 1 is 0.872 bits per heavy atom. The lowest BCUT2D eigenvalue weighted by Crippen LogP contribution is -2.45. The van der Waals surface area contributed by atoms with Gasteiger partial charge in [0, 0.05) is 17.7 Å². The van der Waals surface area contributed by atoms with Crippen molar-refractivity contribution in [3.05, 3.63) is 125 Å². The van der Waals surface area contributed by atoms with Crippen LogP contribution in [0.5, 0.6) is 11.5 Å². The molecule has 0 aliphatic carbocycles. The van der Waals surface area contributed by atoms with Crippen molar-refractivity contribution in [2.75, 3.05) is 19.1 Å². The van der Waals surface area contributed by atoms with E-state index in [4.69, 9.17) is 9.47 Å². The first-order chi connectivity index (χ1) is 19.0. The fourth-order valence-corrected chi connectivity index (χ4v) is 4.13. The summed E-state index contributed by atoms with van der Waals surface area (Å²) in [5.74, 6) is 0.549. The second-order valence-corrected chi connectivity index (χ2v) is 9.01. The van der Waals surface area contributed by atoms with Crippen molar-refractivity contribution >= 4 is 17.5 Å². The Labute approximate surface area is 229 Å². The molecule has 0 radical (unpaired) electrons. The third-order valence-electron chi connectivity index (χ3n) is 6.21. The number of nitrogens with one attached hydrogen (secondary N) is 2. The van der Waals surface area contributed by atoms with Gasteiger partial charge in [-0.15, -0.1) is 0 Å². The maximum absolute atomic E-state index is 14.0. The van der Waals surface area contributed by atoms with Gasteiger partial charge in [0.1, 0.15) is 24.1 Å². The van der Waals surface area contributed by atoms with E-state index in [0.29, 0.717) is 41.5 Å². The summed E-state index contributed by atoms with van der Waals surface area (Å²) in [5.41, 5.74) is 6.86. The van der Waals surface area contributed by atoms with Gasteiger partial charge in [-0.3, -0.25) is 20.0 Å². The third kappa shape index (κ3) is 7.17. The van der Waals surface area contributed by atoms with Gasteiger partial charge in [-0.25, -0.2) is 0 Å². The maximum atomic E-state index is 14.0. The zero-order chi connectivity index (χ0) is 27.6. The van der Waals surface area contributed by atoms with Crippen LogP contribution in [0.1, 0.15) is 40.0 Å². The third-order valence-corrected chi connectivity index (χ3v) is 6.21. The van der Waals surface area contributed by atoms with Gasteiger partial charge in [-0.05, 0) is 61.9 Å². The normalized spacial score (nSPS) is 11.3. The second kappa shape index (κ2) is 13.1. The number of carbonyl (C=O) groups excluding carboxylic acids is 2. The lowest BCUT2D eigenvalue weighted by molar-refractivity contribution is -0.132. The number of amides is 2. The van der Waals surface area contributed by atoms with Gasteiger partial charge in [0.15, 0.2) is 0 Å². The number of ether oxygens (including phenoxy) is 2. The van der Waals surface area contributed by atoms with Crippen molar-refractivity contribution in [1.29, 1.82) is 0 Å². The highest BCUT2D eigenvalue weighted by Gasteiger charge is 2.30. The van der Waals surface area contributed by atoms with Crippen molar-refractivity contribution < 1.29 is 19.1 Å². The number of hydrazine groups is 1. The quantitative estimate of drug-likeness (QED) is 0.238. The van der Waals surface area contributed by atoms with Crippen LogP contribution in [0.4, 0.5) is 5.69 Å². The Kier molecular flexibility index (Phi) is 9.19. The number of aryl methyl sites for hydroxylation is 1. The molecule has 0 fully saturated rings. The molecule has 7 nitrogen and oxygen atoms in total. The largest absolute Gasteiger partial charge is 0.497 e. The van der Waals surface area contributed by atoms with E-state index < -0.39 is 6.04 Å². The molecule has 200 valence electrons. The number of hydrogen-bond acceptors (Lipinski definition) is 5. The summed E-state index contributed by atoms with van der Waals surface area (Å²) in [6, 6.07) is 30.6. The predicted molar refractivity (Wildman–Crippen MR) is 153 cm³/mol. The molecule has 0 heterocycles. The van der Waals surface area contributed by atoms with E-state index in [1.165, 1.54) is 5.01 Å². The summed E-state index contributed by atoms with van der Waals surface area (Å²) < 4.78 is 11.4. The van der Waals surface area contributed by atoms with Gasteiger partial charge >= 0.3 is 0 Å². The summed E-state index contributed by atoms with van der Waals surface area (Å²) in [7, 11) is 1.60. The first kappa shape index (κ1) is 27.3. The highest BCUT2D eigenvalue weighted by atomic mass is 16.5. The van der Waals surface area contributed by atoms with Crippen molar-refractivity contribution in [3.63, 3.8) is 0 Å². The standard InChI is InChI=1S/C32H33N3O4/c1-4-35(34-26-17-19-27(38-3)20-18-26)32(37)30(33-31(36)25-14-10-11-23(2)21-25)28-15-8-9-16-29(28)39-22-24-12-6-5-7-13-24/h5-21,30,34H,4,22H2,1-3H3,(H,33,36). The highest BCUT2D eigenvalue weighted by molar-refractivity contribution is 5.98. The second-order valence-electron chi connectivity index (χ2n) is 9.01. The molecule has 0 spiro atoms. The van der Waals surface area contributed by atoms with Crippen molar-refractivity contribution in [2.24, 2.45) is 0 Å². The average molecular weight is 524 g/mol. The van der Waals surface area contributed by atoms with Crippen molar-refractivity contribution in [3.8, 4) is 11.5 Å². The Balaban J connectivity index is 1.65. The Hall–Kier alpha value is -4.78. The molecule has 4 aromatic rings. The van der Waals surface area contributed by atoms with Crippen LogP contribution in [0.25, 0.3) is 0 Å². The van der Waals surface area contributed by atoms with E-state index in [0.717, 1.165) is 11.1 Å². The minimum atomic E-state index is -1.00. The minimum Gasteiger partial charge on any atom is -0.497 e. The highest BCUT2D eigenvalue weighted by Crippen LogP contribution is 2.28. The molecule has 0 aromatic heterocycles. The van der Waals surface area contributed by atoms with Gasteiger partial charge in [-0.1, -0.05) is 66.2 Å². The lowest BCUT2D eigenvalue weighted by atomic mass is 10.0. The van der Waals surface area contributed by atoms with E-state index in [-0.39, 0.29) is 11.8 Å². The molecule has 39 heavy (non-hydrogen) atoms. The van der Waals surface area contributed by atoms with Gasteiger partial charge in [0.2, 0.25) is 0 Å². The topological polar surface area (TPSA) is 79.9 Å². The Morgan fingerprint density at radius 3 is 2.28 bits per heavy atom. The molecule has 0 bridgehead atoms. The number of nitrogens with zero attached hydrogens (tertiary/aromatic N) is 1. The van der Waals surface area contributed by atoms with Gasteiger partial charge in [0.05, 0.1) is 12.8 Å². The first-order valence-corrected chi connectivity index (χ1v) is 12.8. The molecular formula is C32H33N3O4. The van der Waals surface area contributed by atoms with Crippen molar-refractivity contribution in [1.82, 2.24) is 10.3 Å². The summed E-state index contributed by atoms with van der Waals surface area (Å²) in [6.45, 7) is 4.47. The number of benzene rings is 4. The molecule has 2 N–H and O–H groups in total. The van der Waals surface area contributed by atoms with Crippen LogP contribution >= 0.6 is 0 Å². The zero-order valence-electron chi connectivity index (χ0n) is 22.4. The molecule has 1 unspecified atom stereocenters. The fourth-order valence-electron chi connectivity index (χ4n) is 4.13. The smallest absolute Gasteiger partial charge is 0.268 e. The molecule has 2 amide bonds. The number of rotatable bonds is 11. The first-order valence-electron chi connectivity index (χ1n) is 12.8. The maximum Gasteiger partial charge on any atom is 0.268 e. The van der Waals surface area contributed by atoms with E-state index in [1.807, 2.05) is 98.8 Å². The Bertz CT molecular complexity index is 1390. The molecule has 4 aromatic carbocycles. The SMILES string of the molecule is CCN(Nc1ccc(OC)cc1)C(=O)C(NC(=O)c1cccc(C)c1)c1ccccc1OCc1ccccc1. The molecule has 0 aliphatic rings. The Morgan fingerprint density at radius 2 is 1.59 bits per heavy atom. The number of carbonyl (C=O) groups is 2. The summed E-state index contributed by atoms with van der Waals surface area (Å²) >= 11 is 0. The molecule has 4 rings (SSSR count). The van der Waals surface area contributed by atoms with Gasteiger partial charge in [0.25, 0.3) is 11.8 Å². The van der Waals surface area contributed by atoms with E-state index in [9.17, 15) is 9.59 Å². The zero-order valence-corrected chi connectivity index (χ0v) is 22.4. The molecule has 0 saturated carbocycles. The van der Waals surface area contributed by atoms with Crippen LogP contribution in [0.3, 0.4) is 0 Å². The molecular weight excluding hydrogens is 490 g/mol. The number of hydrogen-bond donors (Lipinski definition) is 2. The minimum absolute atomic E-state index is 0.326. The van der Waals surface area contributed by atoms with E-state index in [1.54, 1.807) is 25.3 Å². The number of methoxy groups -OCH3 is 1. The van der Waals surface area contributed by atoms with Crippen LogP contribution < -0.4 is 20.2 Å². The van der Waals surface area contributed by atoms with E-state index >= 15 is 0 Å². The fraction of sp³-hybridized carbons (Fsp3) is 0.188. The van der Waals surface area contributed by atoms with Crippen molar-refractivity contribution in [2.45, 2.75) is 26.5 Å². The number of likely N-dealkylation sites (N-methyl/N-ethyl adjacent to an activating group) is 1. The lowest BCUT2D eigenvalue weighted by Gasteiger charge is -2.29. The van der Waals surface area contributed by atoms with Crippen LogP contribution in [0.2, 0.25) is 0 Å². The van der Waals surface area contributed by atoms with Crippen LogP contribution in [-0.2, 0) is 11.4 Å². The van der Waals surface area contributed by atoms with Crippen LogP contribution in [0.15, 0.2) is 103 Å². The molecule has 0 aliphatic heterocycles. The number of para-hydroxylation sites is 1.